The van der Waals surface area contributed by atoms with Crippen molar-refractivity contribution in [2.75, 3.05) is 0 Å². The quantitative estimate of drug-likeness (QED) is 0.849. The Morgan fingerprint density at radius 2 is 1.76 bits per heavy atom. The van der Waals surface area contributed by atoms with E-state index < -0.39 is 11.7 Å². The van der Waals surface area contributed by atoms with Gasteiger partial charge in [-0.1, -0.05) is 18.2 Å². The van der Waals surface area contributed by atoms with Crippen LogP contribution in [0.25, 0.3) is 5.70 Å². The maximum atomic E-state index is 12.3. The van der Waals surface area contributed by atoms with Crippen molar-refractivity contribution in [2.45, 2.75) is 20.0 Å². The number of hydrogen-bond acceptors (Lipinski definition) is 1. The molecule has 92 valence electrons. The highest BCUT2D eigenvalue weighted by atomic mass is 19.4. The average Bonchev–Trinajstić information content (AvgIpc) is 2.24. The van der Waals surface area contributed by atoms with Gasteiger partial charge in [0.25, 0.3) is 0 Å². The van der Waals surface area contributed by atoms with Gasteiger partial charge in [0.1, 0.15) is 0 Å². The van der Waals surface area contributed by atoms with Crippen molar-refractivity contribution < 1.29 is 18.0 Å². The molecule has 0 saturated heterocycles. The molecule has 0 saturated carbocycles. The van der Waals surface area contributed by atoms with Crippen molar-refractivity contribution >= 4 is 11.6 Å². The molecule has 5 heteroatoms. The largest absolute Gasteiger partial charge is 0.416 e. The van der Waals surface area contributed by atoms with Crippen molar-refractivity contribution in [1.82, 2.24) is 5.32 Å². The number of rotatable bonds is 2. The number of nitrogens with one attached hydrogen (secondary N) is 1. The molecule has 0 fully saturated rings. The first kappa shape index (κ1) is 13.3. The van der Waals surface area contributed by atoms with E-state index in [1.165, 1.54) is 19.1 Å². The Kier molecular flexibility index (Phi) is 3.93. The highest BCUT2D eigenvalue weighted by Gasteiger charge is 2.29. The summed E-state index contributed by atoms with van der Waals surface area (Å²) in [6, 6.07) is 4.63. The zero-order valence-electron chi connectivity index (χ0n) is 9.43. The van der Waals surface area contributed by atoms with Gasteiger partial charge in [0.2, 0.25) is 5.91 Å². The van der Waals surface area contributed by atoms with E-state index in [-0.39, 0.29) is 5.91 Å². The van der Waals surface area contributed by atoms with Gasteiger partial charge in [-0.15, -0.1) is 0 Å². The SMILES string of the molecule is C/C=C(/NC(C)=O)c1ccc(C(F)(F)F)cc1. The summed E-state index contributed by atoms with van der Waals surface area (Å²) in [5.41, 5.74) is 0.321. The average molecular weight is 243 g/mol. The fourth-order valence-corrected chi connectivity index (χ4v) is 1.34. The van der Waals surface area contributed by atoms with Crippen LogP contribution in [-0.2, 0) is 11.0 Å². The lowest BCUT2D eigenvalue weighted by molar-refractivity contribution is -0.137. The second kappa shape index (κ2) is 5.03. The third-order valence-corrected chi connectivity index (χ3v) is 2.12. The van der Waals surface area contributed by atoms with E-state index in [0.717, 1.165) is 12.1 Å². The summed E-state index contributed by atoms with van der Waals surface area (Å²) in [5, 5.41) is 2.54. The molecule has 1 rings (SSSR count). The molecule has 17 heavy (non-hydrogen) atoms. The van der Waals surface area contributed by atoms with Crippen LogP contribution < -0.4 is 5.32 Å². The molecule has 0 spiro atoms. The van der Waals surface area contributed by atoms with Gasteiger partial charge in [-0.2, -0.15) is 13.2 Å². The number of alkyl halides is 3. The number of carbonyl (C=O) groups excluding carboxylic acids is 1. The first-order chi connectivity index (χ1) is 7.84. The zero-order chi connectivity index (χ0) is 13.1. The second-order valence-corrected chi connectivity index (χ2v) is 3.46. The lowest BCUT2D eigenvalue weighted by Crippen LogP contribution is -2.18. The summed E-state index contributed by atoms with van der Waals surface area (Å²) in [5.74, 6) is -0.266. The molecule has 1 aromatic rings. The molecular weight excluding hydrogens is 231 g/mol. The summed E-state index contributed by atoms with van der Waals surface area (Å²) in [7, 11) is 0. The van der Waals surface area contributed by atoms with Crippen molar-refractivity contribution in [1.29, 1.82) is 0 Å². The number of amides is 1. The van der Waals surface area contributed by atoms with Crippen LogP contribution in [0.2, 0.25) is 0 Å². The van der Waals surface area contributed by atoms with Gasteiger partial charge in [-0.05, 0) is 24.6 Å². The molecular formula is C12H12F3NO. The maximum Gasteiger partial charge on any atom is 0.416 e. The Hall–Kier alpha value is -1.78. The van der Waals surface area contributed by atoms with E-state index in [4.69, 9.17) is 0 Å². The monoisotopic (exact) mass is 243 g/mol. The number of hydrogen-bond donors (Lipinski definition) is 1. The molecule has 1 N–H and O–H groups in total. The Morgan fingerprint density at radius 3 is 2.12 bits per heavy atom. The van der Waals surface area contributed by atoms with Crippen molar-refractivity contribution in [2.24, 2.45) is 0 Å². The highest BCUT2D eigenvalue weighted by Crippen LogP contribution is 2.29. The molecule has 0 radical (unpaired) electrons. The van der Waals surface area contributed by atoms with Crippen LogP contribution in [0.1, 0.15) is 25.0 Å². The van der Waals surface area contributed by atoms with Crippen molar-refractivity contribution in [3.63, 3.8) is 0 Å². The standard InChI is InChI=1S/C12H12F3NO/c1-3-11(16-8(2)17)9-4-6-10(7-5-9)12(13,14)15/h3-7H,1-2H3,(H,16,17)/b11-3+. The predicted octanol–water partition coefficient (Wildman–Crippen LogP) is 3.20. The molecule has 1 aromatic carbocycles. The van der Waals surface area contributed by atoms with Crippen LogP contribution in [0, 0.1) is 0 Å². The molecule has 0 aliphatic heterocycles. The van der Waals surface area contributed by atoms with Crippen LogP contribution in [0.3, 0.4) is 0 Å². The van der Waals surface area contributed by atoms with Gasteiger partial charge in [-0.3, -0.25) is 4.79 Å². The van der Waals surface area contributed by atoms with Gasteiger partial charge in [-0.25, -0.2) is 0 Å². The Bertz CT molecular complexity index is 432. The highest BCUT2D eigenvalue weighted by molar-refractivity contribution is 5.84. The van der Waals surface area contributed by atoms with E-state index in [2.05, 4.69) is 5.32 Å². The first-order valence-corrected chi connectivity index (χ1v) is 4.96. The molecule has 1 amide bonds. The third kappa shape index (κ3) is 3.62. The van der Waals surface area contributed by atoms with E-state index >= 15 is 0 Å². The Labute approximate surface area is 97.1 Å². The summed E-state index contributed by atoms with van der Waals surface area (Å²) >= 11 is 0. The second-order valence-electron chi connectivity index (χ2n) is 3.46. The normalized spacial score (nSPS) is 12.4. The minimum absolute atomic E-state index is 0.266. The summed E-state index contributed by atoms with van der Waals surface area (Å²) in [4.78, 5) is 10.9. The number of benzene rings is 1. The van der Waals surface area contributed by atoms with Crippen LogP contribution in [-0.4, -0.2) is 5.91 Å². The molecule has 0 atom stereocenters. The van der Waals surface area contributed by atoms with Crippen molar-refractivity contribution in [3.8, 4) is 0 Å². The van der Waals surface area contributed by atoms with Gasteiger partial charge in [0.15, 0.2) is 0 Å². The Balaban J connectivity index is 2.98. The van der Waals surface area contributed by atoms with Crippen molar-refractivity contribution in [3.05, 3.63) is 41.5 Å². The molecule has 0 heterocycles. The molecule has 0 aliphatic carbocycles. The molecule has 0 aliphatic rings. The van der Waals surface area contributed by atoms with E-state index in [1.807, 2.05) is 0 Å². The Morgan fingerprint density at radius 1 is 1.24 bits per heavy atom. The smallest absolute Gasteiger partial charge is 0.326 e. The van der Waals surface area contributed by atoms with Gasteiger partial charge in [0.05, 0.1) is 5.56 Å². The summed E-state index contributed by atoms with van der Waals surface area (Å²) in [6.45, 7) is 3.04. The topological polar surface area (TPSA) is 29.1 Å². The lowest BCUT2D eigenvalue weighted by atomic mass is 10.1. The van der Waals surface area contributed by atoms with Crippen LogP contribution >= 0.6 is 0 Å². The number of halogens is 3. The molecule has 2 nitrogen and oxygen atoms in total. The third-order valence-electron chi connectivity index (χ3n) is 2.12. The first-order valence-electron chi connectivity index (χ1n) is 4.96. The maximum absolute atomic E-state index is 12.3. The predicted molar refractivity (Wildman–Crippen MR) is 58.9 cm³/mol. The molecule has 0 aromatic heterocycles. The van der Waals surface area contributed by atoms with Crippen LogP contribution in [0.5, 0.6) is 0 Å². The van der Waals surface area contributed by atoms with E-state index in [0.29, 0.717) is 11.3 Å². The van der Waals surface area contributed by atoms with E-state index in [1.54, 1.807) is 13.0 Å². The molecule has 0 bridgehead atoms. The van der Waals surface area contributed by atoms with Gasteiger partial charge in [0, 0.05) is 12.6 Å². The van der Waals surface area contributed by atoms with Crippen LogP contribution in [0.15, 0.2) is 30.3 Å². The summed E-state index contributed by atoms with van der Waals surface area (Å²) in [6.07, 6.45) is -2.72. The minimum atomic E-state index is -4.34. The fourth-order valence-electron chi connectivity index (χ4n) is 1.34. The minimum Gasteiger partial charge on any atom is -0.326 e. The fraction of sp³-hybridized carbons (Fsp3) is 0.250. The van der Waals surface area contributed by atoms with Crippen LogP contribution in [0.4, 0.5) is 13.2 Å². The number of allylic oxidation sites excluding steroid dienone is 1. The number of carbonyl (C=O) groups is 1. The van der Waals surface area contributed by atoms with Gasteiger partial charge < -0.3 is 5.32 Å². The van der Waals surface area contributed by atoms with E-state index in [9.17, 15) is 18.0 Å². The zero-order valence-corrected chi connectivity index (χ0v) is 9.43. The van der Waals surface area contributed by atoms with Gasteiger partial charge >= 0.3 is 6.18 Å². The molecule has 0 unspecified atom stereocenters. The summed E-state index contributed by atoms with van der Waals surface area (Å²) < 4.78 is 37.0. The lowest BCUT2D eigenvalue weighted by Gasteiger charge is -2.10.